The largest absolute Gasteiger partial charge is 0.378 e. The maximum Gasteiger partial charge on any atom is 0.224 e. The molecule has 1 aromatic carbocycles. The number of rotatable bonds is 5. The standard InChI is InChI=1S/C14H16BrF2NO2/c1-2-20-9-3-8(4-9)5-14(19)18-13-7-11(16)10(15)6-12(13)17/h6-9H,2-5H2,1H3,(H,18,19). The van der Waals surface area contributed by atoms with Gasteiger partial charge in [-0.25, -0.2) is 8.78 Å². The molecule has 1 N–H and O–H groups in total. The Morgan fingerprint density at radius 3 is 2.75 bits per heavy atom. The van der Waals surface area contributed by atoms with Gasteiger partial charge in [-0.3, -0.25) is 4.79 Å². The van der Waals surface area contributed by atoms with E-state index in [1.165, 1.54) is 0 Å². The highest BCUT2D eigenvalue weighted by Crippen LogP contribution is 2.33. The number of anilines is 1. The number of benzene rings is 1. The SMILES string of the molecule is CCOC1CC(CC(=O)Nc2cc(F)c(Br)cc2F)C1. The molecule has 0 heterocycles. The molecule has 1 aliphatic rings. The number of carbonyl (C=O) groups excluding carboxylic acids is 1. The van der Waals surface area contributed by atoms with Crippen molar-refractivity contribution in [2.75, 3.05) is 11.9 Å². The fourth-order valence-electron chi connectivity index (χ4n) is 2.29. The number of carbonyl (C=O) groups is 1. The number of hydrogen-bond acceptors (Lipinski definition) is 2. The molecule has 1 aliphatic carbocycles. The molecule has 0 saturated heterocycles. The number of halogens is 3. The molecule has 0 aromatic heterocycles. The molecule has 3 nitrogen and oxygen atoms in total. The van der Waals surface area contributed by atoms with Gasteiger partial charge in [0.2, 0.25) is 5.91 Å². The van der Waals surface area contributed by atoms with Crippen LogP contribution in [0.15, 0.2) is 16.6 Å². The van der Waals surface area contributed by atoms with E-state index in [9.17, 15) is 13.6 Å². The third-order valence-corrected chi connectivity index (χ3v) is 3.96. The summed E-state index contributed by atoms with van der Waals surface area (Å²) in [5.41, 5.74) is -0.128. The Hall–Kier alpha value is -1.01. The highest BCUT2D eigenvalue weighted by Gasteiger charge is 2.31. The first-order chi connectivity index (χ1) is 9.49. The lowest BCUT2D eigenvalue weighted by Gasteiger charge is -2.34. The van der Waals surface area contributed by atoms with Crippen molar-refractivity contribution in [3.8, 4) is 0 Å². The van der Waals surface area contributed by atoms with Crippen LogP contribution in [0.1, 0.15) is 26.2 Å². The fraction of sp³-hybridized carbons (Fsp3) is 0.500. The number of amides is 1. The van der Waals surface area contributed by atoms with E-state index in [1.54, 1.807) is 0 Å². The molecule has 1 saturated carbocycles. The van der Waals surface area contributed by atoms with E-state index < -0.39 is 11.6 Å². The Labute approximate surface area is 124 Å². The quantitative estimate of drug-likeness (QED) is 0.821. The van der Waals surface area contributed by atoms with E-state index in [-0.39, 0.29) is 28.1 Å². The van der Waals surface area contributed by atoms with Gasteiger partial charge in [0.25, 0.3) is 0 Å². The van der Waals surface area contributed by atoms with Gasteiger partial charge in [0, 0.05) is 19.1 Å². The van der Waals surface area contributed by atoms with Gasteiger partial charge in [-0.15, -0.1) is 0 Å². The highest BCUT2D eigenvalue weighted by molar-refractivity contribution is 9.10. The summed E-state index contributed by atoms with van der Waals surface area (Å²) in [4.78, 5) is 11.8. The molecule has 0 aliphatic heterocycles. The van der Waals surface area contributed by atoms with Gasteiger partial charge in [0.15, 0.2) is 0 Å². The van der Waals surface area contributed by atoms with Crippen molar-refractivity contribution in [2.45, 2.75) is 32.3 Å². The number of ether oxygens (including phenoxy) is 1. The van der Waals surface area contributed by atoms with Crippen LogP contribution in [0.25, 0.3) is 0 Å². The summed E-state index contributed by atoms with van der Waals surface area (Å²) in [5.74, 6) is -1.31. The van der Waals surface area contributed by atoms with E-state index >= 15 is 0 Å². The minimum absolute atomic E-state index is 0.0338. The molecule has 0 unspecified atom stereocenters. The van der Waals surface area contributed by atoms with Crippen LogP contribution in [0.5, 0.6) is 0 Å². The molecule has 6 heteroatoms. The minimum atomic E-state index is -0.660. The van der Waals surface area contributed by atoms with Gasteiger partial charge in [0.1, 0.15) is 11.6 Å². The lowest BCUT2D eigenvalue weighted by molar-refractivity contribution is -0.119. The van der Waals surface area contributed by atoms with Crippen molar-refractivity contribution in [3.05, 3.63) is 28.2 Å². The van der Waals surface area contributed by atoms with Gasteiger partial charge in [0.05, 0.1) is 16.3 Å². The number of hydrogen-bond donors (Lipinski definition) is 1. The Kier molecular flexibility index (Phi) is 5.10. The van der Waals surface area contributed by atoms with Gasteiger partial charge < -0.3 is 10.1 Å². The van der Waals surface area contributed by atoms with Crippen molar-refractivity contribution in [1.29, 1.82) is 0 Å². The Morgan fingerprint density at radius 2 is 2.10 bits per heavy atom. The van der Waals surface area contributed by atoms with Crippen LogP contribution in [0.4, 0.5) is 14.5 Å². The van der Waals surface area contributed by atoms with Crippen LogP contribution in [-0.2, 0) is 9.53 Å². The molecule has 1 amide bonds. The van der Waals surface area contributed by atoms with Crippen molar-refractivity contribution in [3.63, 3.8) is 0 Å². The van der Waals surface area contributed by atoms with Crippen molar-refractivity contribution in [1.82, 2.24) is 0 Å². The van der Waals surface area contributed by atoms with Crippen LogP contribution in [0.3, 0.4) is 0 Å². The molecule has 2 rings (SSSR count). The van der Waals surface area contributed by atoms with Gasteiger partial charge in [-0.2, -0.15) is 0 Å². The van der Waals surface area contributed by atoms with E-state index in [1.807, 2.05) is 6.92 Å². The fourth-order valence-corrected chi connectivity index (χ4v) is 2.61. The second-order valence-electron chi connectivity index (χ2n) is 4.91. The maximum absolute atomic E-state index is 13.6. The third kappa shape index (κ3) is 3.76. The predicted molar refractivity (Wildman–Crippen MR) is 75.4 cm³/mol. The van der Waals surface area contributed by atoms with Crippen molar-refractivity contribution in [2.24, 2.45) is 5.92 Å². The summed E-state index contributed by atoms with van der Waals surface area (Å²) in [7, 11) is 0. The van der Waals surface area contributed by atoms with E-state index in [2.05, 4.69) is 21.2 Å². The summed E-state index contributed by atoms with van der Waals surface area (Å²) < 4.78 is 32.3. The maximum atomic E-state index is 13.6. The zero-order chi connectivity index (χ0) is 14.7. The van der Waals surface area contributed by atoms with E-state index in [4.69, 9.17) is 4.74 Å². The topological polar surface area (TPSA) is 38.3 Å². The van der Waals surface area contributed by atoms with Gasteiger partial charge in [-0.1, -0.05) is 0 Å². The molecule has 1 aromatic rings. The molecule has 110 valence electrons. The zero-order valence-electron chi connectivity index (χ0n) is 11.1. The lowest BCUT2D eigenvalue weighted by atomic mass is 9.80. The zero-order valence-corrected chi connectivity index (χ0v) is 12.7. The molecule has 20 heavy (non-hydrogen) atoms. The average molecular weight is 348 g/mol. The normalized spacial score (nSPS) is 21.4. The van der Waals surface area contributed by atoms with Gasteiger partial charge in [-0.05, 0) is 47.7 Å². The smallest absolute Gasteiger partial charge is 0.224 e. The third-order valence-electron chi connectivity index (χ3n) is 3.35. The average Bonchev–Trinajstić information content (AvgIpc) is 2.33. The van der Waals surface area contributed by atoms with E-state index in [0.29, 0.717) is 13.0 Å². The van der Waals surface area contributed by atoms with Crippen LogP contribution < -0.4 is 5.32 Å². The first-order valence-corrected chi connectivity index (χ1v) is 7.35. The molecule has 0 radical (unpaired) electrons. The Bertz CT molecular complexity index is 504. The minimum Gasteiger partial charge on any atom is -0.378 e. The Morgan fingerprint density at radius 1 is 1.40 bits per heavy atom. The summed E-state index contributed by atoms with van der Waals surface area (Å²) in [6, 6.07) is 1.97. The molecular weight excluding hydrogens is 332 g/mol. The lowest BCUT2D eigenvalue weighted by Crippen LogP contribution is -2.34. The molecule has 1 fully saturated rings. The molecule has 0 spiro atoms. The van der Waals surface area contributed by atoms with Crippen LogP contribution in [0.2, 0.25) is 0 Å². The van der Waals surface area contributed by atoms with Crippen LogP contribution in [0, 0.1) is 17.6 Å². The summed E-state index contributed by atoms with van der Waals surface area (Å²) in [5, 5.41) is 2.41. The van der Waals surface area contributed by atoms with Crippen molar-refractivity contribution >= 4 is 27.5 Å². The summed E-state index contributed by atoms with van der Waals surface area (Å²) in [6.07, 6.45) is 2.23. The monoisotopic (exact) mass is 347 g/mol. The molecule has 0 bridgehead atoms. The van der Waals surface area contributed by atoms with Crippen LogP contribution in [-0.4, -0.2) is 18.6 Å². The molecular formula is C14H16BrF2NO2. The first-order valence-electron chi connectivity index (χ1n) is 6.55. The molecule has 0 atom stereocenters. The second-order valence-corrected chi connectivity index (χ2v) is 5.77. The number of nitrogens with one attached hydrogen (secondary N) is 1. The van der Waals surface area contributed by atoms with Crippen molar-refractivity contribution < 1.29 is 18.3 Å². The van der Waals surface area contributed by atoms with Gasteiger partial charge >= 0.3 is 0 Å². The Balaban J connectivity index is 1.85. The first kappa shape index (κ1) is 15.4. The summed E-state index contributed by atoms with van der Waals surface area (Å²) in [6.45, 7) is 2.61. The predicted octanol–water partition coefficient (Wildman–Crippen LogP) is 3.87. The summed E-state index contributed by atoms with van der Waals surface area (Å²) >= 11 is 2.89. The highest BCUT2D eigenvalue weighted by atomic mass is 79.9. The van der Waals surface area contributed by atoms with E-state index in [0.717, 1.165) is 25.0 Å². The second kappa shape index (κ2) is 6.63. The van der Waals surface area contributed by atoms with Crippen LogP contribution >= 0.6 is 15.9 Å².